The van der Waals surface area contributed by atoms with Crippen LogP contribution in [0.1, 0.15) is 30.1 Å². The average Bonchev–Trinajstić information content (AvgIpc) is 2.82. The number of sulfone groups is 1. The zero-order valence-electron chi connectivity index (χ0n) is 12.1. The molecule has 1 atom stereocenters. The maximum absolute atomic E-state index is 11.4. The molecule has 112 valence electrons. The van der Waals surface area contributed by atoms with E-state index in [-0.39, 0.29) is 11.1 Å². The fourth-order valence-corrected chi connectivity index (χ4v) is 3.30. The Bertz CT molecular complexity index is 750. The van der Waals surface area contributed by atoms with E-state index in [1.807, 2.05) is 17.9 Å². The molecule has 2 heterocycles. The summed E-state index contributed by atoms with van der Waals surface area (Å²) in [6.07, 6.45) is 7.83. The van der Waals surface area contributed by atoms with Crippen LogP contribution in [0.3, 0.4) is 0 Å². The number of hydrogen-bond donors (Lipinski definition) is 1. The summed E-state index contributed by atoms with van der Waals surface area (Å²) in [4.78, 5) is 4.01. The van der Waals surface area contributed by atoms with Crippen LogP contribution in [0.25, 0.3) is 0 Å². The van der Waals surface area contributed by atoms with Crippen molar-refractivity contribution >= 4 is 15.5 Å². The van der Waals surface area contributed by atoms with Crippen LogP contribution in [0.15, 0.2) is 29.6 Å². The lowest BCUT2D eigenvalue weighted by atomic mass is 9.93. The Hall–Kier alpha value is -1.89. The largest absolute Gasteiger partial charge is 0.377 e. The number of nitrogens with zero attached hydrogens (tertiary/aromatic N) is 3. The normalized spacial score (nSPS) is 18.3. The maximum atomic E-state index is 11.4. The van der Waals surface area contributed by atoms with Gasteiger partial charge in [-0.25, -0.2) is 13.4 Å². The third-order valence-electron chi connectivity index (χ3n) is 3.83. The standard InChI is InChI=1S/C14H18N4O2S/c1-18-13-5-3-4-12(11(13)9-16-18)17-10-6-7-14(15-8-10)21(2,19)20/h6-9,12,17H,3-5H2,1-2H3. The van der Waals surface area contributed by atoms with Crippen molar-refractivity contribution in [1.82, 2.24) is 14.8 Å². The fraction of sp³-hybridized carbons (Fsp3) is 0.429. The minimum atomic E-state index is -3.25. The van der Waals surface area contributed by atoms with Gasteiger partial charge in [0.1, 0.15) is 0 Å². The fourth-order valence-electron chi connectivity index (χ4n) is 2.74. The van der Waals surface area contributed by atoms with Gasteiger partial charge in [0.15, 0.2) is 14.9 Å². The Morgan fingerprint density at radius 2 is 2.14 bits per heavy atom. The SMILES string of the molecule is Cn1ncc2c1CCCC2Nc1ccc(S(C)(=O)=O)nc1. The van der Waals surface area contributed by atoms with E-state index in [2.05, 4.69) is 15.4 Å². The number of anilines is 1. The molecule has 1 aliphatic rings. The van der Waals surface area contributed by atoms with Gasteiger partial charge in [-0.05, 0) is 31.4 Å². The van der Waals surface area contributed by atoms with E-state index in [0.717, 1.165) is 31.2 Å². The Kier molecular flexibility index (Phi) is 3.44. The minimum absolute atomic E-state index is 0.0961. The van der Waals surface area contributed by atoms with Crippen molar-refractivity contribution in [1.29, 1.82) is 0 Å². The van der Waals surface area contributed by atoms with Gasteiger partial charge in [0, 0.05) is 24.6 Å². The van der Waals surface area contributed by atoms with Crippen LogP contribution in [0.2, 0.25) is 0 Å². The van der Waals surface area contributed by atoms with Gasteiger partial charge in [-0.2, -0.15) is 5.10 Å². The highest BCUT2D eigenvalue weighted by molar-refractivity contribution is 7.90. The van der Waals surface area contributed by atoms with E-state index in [1.54, 1.807) is 12.3 Å². The van der Waals surface area contributed by atoms with E-state index in [1.165, 1.54) is 17.3 Å². The van der Waals surface area contributed by atoms with Crippen LogP contribution in [0.4, 0.5) is 5.69 Å². The number of pyridine rings is 1. The number of hydrogen-bond acceptors (Lipinski definition) is 5. The molecule has 21 heavy (non-hydrogen) atoms. The van der Waals surface area contributed by atoms with E-state index in [9.17, 15) is 8.42 Å². The van der Waals surface area contributed by atoms with E-state index in [0.29, 0.717) is 0 Å². The predicted molar refractivity (Wildman–Crippen MR) is 79.9 cm³/mol. The van der Waals surface area contributed by atoms with Crippen LogP contribution in [0.5, 0.6) is 0 Å². The van der Waals surface area contributed by atoms with Gasteiger partial charge in [-0.1, -0.05) is 0 Å². The summed E-state index contributed by atoms with van der Waals surface area (Å²) < 4.78 is 24.7. The summed E-state index contributed by atoms with van der Waals surface area (Å²) in [5.74, 6) is 0. The molecule has 1 aliphatic carbocycles. The van der Waals surface area contributed by atoms with Crippen molar-refractivity contribution < 1.29 is 8.42 Å². The van der Waals surface area contributed by atoms with Crippen molar-refractivity contribution in [2.24, 2.45) is 7.05 Å². The maximum Gasteiger partial charge on any atom is 0.192 e. The highest BCUT2D eigenvalue weighted by Crippen LogP contribution is 2.32. The molecule has 3 rings (SSSR count). The highest BCUT2D eigenvalue weighted by atomic mass is 32.2. The third kappa shape index (κ3) is 2.78. The van der Waals surface area contributed by atoms with Gasteiger partial charge in [0.05, 0.1) is 24.1 Å². The summed E-state index contributed by atoms with van der Waals surface area (Å²) in [5, 5.41) is 7.83. The first-order valence-electron chi connectivity index (χ1n) is 6.88. The number of aromatic nitrogens is 3. The second kappa shape index (κ2) is 5.14. The quantitative estimate of drug-likeness (QED) is 0.934. The predicted octanol–water partition coefficient (Wildman–Crippen LogP) is 1.71. The molecule has 6 nitrogen and oxygen atoms in total. The molecule has 0 saturated carbocycles. The number of rotatable bonds is 3. The highest BCUT2D eigenvalue weighted by Gasteiger charge is 2.23. The molecule has 0 bridgehead atoms. The van der Waals surface area contributed by atoms with Gasteiger partial charge in [-0.3, -0.25) is 4.68 Å². The van der Waals surface area contributed by atoms with Crippen molar-refractivity contribution in [3.8, 4) is 0 Å². The molecule has 2 aromatic heterocycles. The molecular formula is C14H18N4O2S. The van der Waals surface area contributed by atoms with Crippen LogP contribution < -0.4 is 5.32 Å². The zero-order chi connectivity index (χ0) is 15.0. The Morgan fingerprint density at radius 3 is 2.81 bits per heavy atom. The molecule has 0 aromatic carbocycles. The second-order valence-electron chi connectivity index (χ2n) is 5.42. The van der Waals surface area contributed by atoms with Crippen molar-refractivity contribution in [3.05, 3.63) is 35.8 Å². The van der Waals surface area contributed by atoms with Crippen molar-refractivity contribution in [2.45, 2.75) is 30.3 Å². The molecule has 0 radical (unpaired) electrons. The van der Waals surface area contributed by atoms with Gasteiger partial charge >= 0.3 is 0 Å². The Balaban J connectivity index is 1.82. The summed E-state index contributed by atoms with van der Waals surface area (Å²) in [6, 6.07) is 3.49. The molecule has 0 aliphatic heterocycles. The van der Waals surface area contributed by atoms with Gasteiger partial charge in [0.25, 0.3) is 0 Å². The smallest absolute Gasteiger partial charge is 0.192 e. The summed E-state index contributed by atoms with van der Waals surface area (Å²) in [6.45, 7) is 0. The lowest BCUT2D eigenvalue weighted by Crippen LogP contribution is -2.18. The molecule has 2 aromatic rings. The molecular weight excluding hydrogens is 288 g/mol. The number of fused-ring (bicyclic) bond motifs is 1. The number of nitrogens with one attached hydrogen (secondary N) is 1. The van der Waals surface area contributed by atoms with E-state index in [4.69, 9.17) is 0 Å². The van der Waals surface area contributed by atoms with Crippen LogP contribution in [0, 0.1) is 0 Å². The number of aryl methyl sites for hydroxylation is 1. The molecule has 0 spiro atoms. The third-order valence-corrected chi connectivity index (χ3v) is 4.83. The van der Waals surface area contributed by atoms with Gasteiger partial charge < -0.3 is 5.32 Å². The minimum Gasteiger partial charge on any atom is -0.377 e. The summed E-state index contributed by atoms with van der Waals surface area (Å²) in [7, 11) is -1.29. The topological polar surface area (TPSA) is 76.9 Å². The van der Waals surface area contributed by atoms with E-state index >= 15 is 0 Å². The summed E-state index contributed by atoms with van der Waals surface area (Å²) >= 11 is 0. The average molecular weight is 306 g/mol. The van der Waals surface area contributed by atoms with Gasteiger partial charge in [0.2, 0.25) is 0 Å². The molecule has 7 heteroatoms. The monoisotopic (exact) mass is 306 g/mol. The molecule has 1 unspecified atom stereocenters. The first-order valence-corrected chi connectivity index (χ1v) is 8.78. The van der Waals surface area contributed by atoms with Crippen LogP contribution >= 0.6 is 0 Å². The molecule has 0 fully saturated rings. The van der Waals surface area contributed by atoms with E-state index < -0.39 is 9.84 Å². The Morgan fingerprint density at radius 1 is 1.33 bits per heavy atom. The molecule has 0 saturated heterocycles. The van der Waals surface area contributed by atoms with Crippen molar-refractivity contribution in [2.75, 3.05) is 11.6 Å². The molecule has 1 N–H and O–H groups in total. The lowest BCUT2D eigenvalue weighted by Gasteiger charge is -2.24. The van der Waals surface area contributed by atoms with Crippen LogP contribution in [-0.4, -0.2) is 29.4 Å². The zero-order valence-corrected chi connectivity index (χ0v) is 12.9. The first-order chi connectivity index (χ1) is 9.95. The first kappa shape index (κ1) is 14.1. The Labute approximate surface area is 124 Å². The van der Waals surface area contributed by atoms with Gasteiger partial charge in [-0.15, -0.1) is 0 Å². The lowest BCUT2D eigenvalue weighted by molar-refractivity contribution is 0.571. The molecule has 0 amide bonds. The van der Waals surface area contributed by atoms with Crippen LogP contribution in [-0.2, 0) is 23.3 Å². The summed E-state index contributed by atoms with van der Waals surface area (Å²) in [5.41, 5.74) is 3.31. The van der Waals surface area contributed by atoms with Crippen molar-refractivity contribution in [3.63, 3.8) is 0 Å². The second-order valence-corrected chi connectivity index (χ2v) is 7.38.